The number of allylic oxidation sites excluding steroid dienone is 4. The fraction of sp³-hybridized carbons (Fsp3) is 0.925. The summed E-state index contributed by atoms with van der Waals surface area (Å²) in [6, 6.07) is 0. The number of carbonyl (C=O) groups is 2. The lowest BCUT2D eigenvalue weighted by atomic mass is 10.0. The van der Waals surface area contributed by atoms with E-state index in [1.54, 1.807) is 0 Å². The zero-order chi connectivity index (χ0) is 65.5. The molecule has 9 nitrogen and oxygen atoms in total. The van der Waals surface area contributed by atoms with Crippen LogP contribution in [0.4, 0.5) is 0 Å². The molecular weight excluding hydrogens is 1130 g/mol. The summed E-state index contributed by atoms with van der Waals surface area (Å²) in [6.45, 7) is 4.52. The van der Waals surface area contributed by atoms with Crippen LogP contribution in [0.5, 0.6) is 0 Å². The van der Waals surface area contributed by atoms with Gasteiger partial charge in [0.1, 0.15) is 19.8 Å². The first-order valence-electron chi connectivity index (χ1n) is 40.1. The molecule has 0 saturated heterocycles. The minimum absolute atomic E-state index is 0.0366. The fourth-order valence-electron chi connectivity index (χ4n) is 12.3. The second-order valence-corrected chi connectivity index (χ2v) is 30.3. The zero-order valence-electron chi connectivity index (χ0n) is 61.2. The van der Waals surface area contributed by atoms with Gasteiger partial charge in [-0.15, -0.1) is 0 Å². The van der Waals surface area contributed by atoms with Gasteiger partial charge in [0, 0.05) is 12.8 Å². The Morgan fingerprint density at radius 3 is 0.878 bits per heavy atom. The molecule has 0 radical (unpaired) electrons. The van der Waals surface area contributed by atoms with Crippen LogP contribution in [-0.4, -0.2) is 74.9 Å². The Morgan fingerprint density at radius 2 is 0.600 bits per heavy atom. The standard InChI is InChI=1S/C80H156NO8P/c1-6-8-10-12-14-16-18-20-22-24-26-28-30-32-34-35-36-37-38-39-40-41-42-43-44-45-47-49-51-53-55-57-59-61-63-65-67-69-71-73-80(83)89-78(77-88-90(84,85)87-75-74-81(3,4)5)76-86-79(82)72-70-68-66-64-62-60-58-56-54-52-50-48-46-33-31-29-27-25-23-21-19-17-15-13-11-9-7-2/h18,20,24,26,78H,6-17,19,21-23,25,27-77H2,1-5H3/p+1/b20-18-,26-24-. The summed E-state index contributed by atoms with van der Waals surface area (Å²) in [7, 11) is 1.51. The van der Waals surface area contributed by atoms with E-state index >= 15 is 0 Å². The largest absolute Gasteiger partial charge is 0.472 e. The maximum Gasteiger partial charge on any atom is 0.472 e. The van der Waals surface area contributed by atoms with Gasteiger partial charge in [-0.3, -0.25) is 18.6 Å². The number of hydrogen-bond donors (Lipinski definition) is 1. The van der Waals surface area contributed by atoms with Crippen LogP contribution in [0.25, 0.3) is 0 Å². The van der Waals surface area contributed by atoms with Crippen molar-refractivity contribution in [3.05, 3.63) is 24.3 Å². The highest BCUT2D eigenvalue weighted by molar-refractivity contribution is 7.47. The summed E-state index contributed by atoms with van der Waals surface area (Å²) >= 11 is 0. The molecule has 2 atom stereocenters. The van der Waals surface area contributed by atoms with Crippen LogP contribution in [0.3, 0.4) is 0 Å². The molecule has 0 spiro atoms. The summed E-state index contributed by atoms with van der Waals surface area (Å²) in [5.74, 6) is -0.768. The lowest BCUT2D eigenvalue weighted by molar-refractivity contribution is -0.870. The molecule has 0 rings (SSSR count). The molecule has 0 bridgehead atoms. The number of carbonyl (C=O) groups excluding carboxylic acids is 2. The topological polar surface area (TPSA) is 108 Å². The lowest BCUT2D eigenvalue weighted by Gasteiger charge is -2.24. The number of rotatable bonds is 76. The van der Waals surface area contributed by atoms with Gasteiger partial charge in [-0.2, -0.15) is 0 Å². The van der Waals surface area contributed by atoms with E-state index < -0.39 is 26.5 Å². The quantitative estimate of drug-likeness (QED) is 0.0211. The van der Waals surface area contributed by atoms with E-state index in [0.29, 0.717) is 17.4 Å². The van der Waals surface area contributed by atoms with Crippen LogP contribution < -0.4 is 0 Å². The van der Waals surface area contributed by atoms with Crippen LogP contribution in [0.15, 0.2) is 24.3 Å². The van der Waals surface area contributed by atoms with Gasteiger partial charge in [0.2, 0.25) is 0 Å². The average molecular weight is 1290 g/mol. The molecule has 0 saturated carbocycles. The molecule has 0 aliphatic carbocycles. The van der Waals surface area contributed by atoms with Crippen molar-refractivity contribution in [3.8, 4) is 0 Å². The minimum Gasteiger partial charge on any atom is -0.462 e. The predicted molar refractivity (Wildman–Crippen MR) is 391 cm³/mol. The Labute approximate surface area is 561 Å². The van der Waals surface area contributed by atoms with E-state index in [1.807, 2.05) is 21.1 Å². The molecule has 1 N–H and O–H groups in total. The van der Waals surface area contributed by atoms with Crippen molar-refractivity contribution in [2.24, 2.45) is 0 Å². The molecule has 0 aromatic heterocycles. The normalized spacial score (nSPS) is 13.1. The van der Waals surface area contributed by atoms with E-state index in [4.69, 9.17) is 18.5 Å². The van der Waals surface area contributed by atoms with Crippen molar-refractivity contribution < 1.29 is 42.1 Å². The van der Waals surface area contributed by atoms with Gasteiger partial charge in [0.25, 0.3) is 0 Å². The molecule has 0 fully saturated rings. The van der Waals surface area contributed by atoms with E-state index in [0.717, 1.165) is 44.9 Å². The first kappa shape index (κ1) is 88.5. The van der Waals surface area contributed by atoms with Gasteiger partial charge in [-0.1, -0.05) is 391 Å². The van der Waals surface area contributed by atoms with E-state index in [-0.39, 0.29) is 25.6 Å². The number of quaternary nitrogens is 1. The third-order valence-electron chi connectivity index (χ3n) is 18.5. The van der Waals surface area contributed by atoms with Gasteiger partial charge in [0.15, 0.2) is 6.10 Å². The molecule has 10 heteroatoms. The van der Waals surface area contributed by atoms with Gasteiger partial charge >= 0.3 is 19.8 Å². The summed E-state index contributed by atoms with van der Waals surface area (Å²) in [4.78, 5) is 36.0. The Kier molecular flexibility index (Phi) is 70.6. The molecule has 90 heavy (non-hydrogen) atoms. The number of likely N-dealkylation sites (N-methyl/N-ethyl adjacent to an activating group) is 1. The highest BCUT2D eigenvalue weighted by atomic mass is 31.2. The predicted octanol–water partition coefficient (Wildman–Crippen LogP) is 26.4. The molecule has 0 heterocycles. The number of nitrogens with zero attached hydrogens (tertiary/aromatic N) is 1. The summed E-state index contributed by atoms with van der Waals surface area (Å²) < 4.78 is 34.8. The van der Waals surface area contributed by atoms with E-state index in [1.165, 1.54) is 353 Å². The van der Waals surface area contributed by atoms with Crippen LogP contribution in [0, 0.1) is 0 Å². The minimum atomic E-state index is -4.39. The second-order valence-electron chi connectivity index (χ2n) is 28.8. The highest BCUT2D eigenvalue weighted by Gasteiger charge is 2.27. The van der Waals surface area contributed by atoms with E-state index in [2.05, 4.69) is 38.2 Å². The third kappa shape index (κ3) is 75.5. The van der Waals surface area contributed by atoms with Crippen molar-refractivity contribution >= 4 is 19.8 Å². The van der Waals surface area contributed by atoms with Crippen LogP contribution in [-0.2, 0) is 32.7 Å². The van der Waals surface area contributed by atoms with E-state index in [9.17, 15) is 19.0 Å². The smallest absolute Gasteiger partial charge is 0.462 e. The van der Waals surface area contributed by atoms with Crippen molar-refractivity contribution in [2.75, 3.05) is 47.5 Å². The van der Waals surface area contributed by atoms with Crippen molar-refractivity contribution in [3.63, 3.8) is 0 Å². The number of phosphoric ester groups is 1. The Hall–Kier alpha value is -1.51. The summed E-state index contributed by atoms with van der Waals surface area (Å²) in [5, 5.41) is 0. The number of hydrogen-bond acceptors (Lipinski definition) is 7. The van der Waals surface area contributed by atoms with Crippen LogP contribution >= 0.6 is 7.82 Å². The first-order chi connectivity index (χ1) is 44.0. The van der Waals surface area contributed by atoms with Gasteiger partial charge < -0.3 is 18.9 Å². The number of unbranched alkanes of at least 4 members (excludes halogenated alkanes) is 58. The third-order valence-corrected chi connectivity index (χ3v) is 19.5. The molecule has 0 aromatic carbocycles. The van der Waals surface area contributed by atoms with Gasteiger partial charge in [-0.25, -0.2) is 4.57 Å². The maximum atomic E-state index is 12.9. The van der Waals surface area contributed by atoms with Crippen LogP contribution in [0.2, 0.25) is 0 Å². The highest BCUT2D eigenvalue weighted by Crippen LogP contribution is 2.43. The van der Waals surface area contributed by atoms with Gasteiger partial charge in [0.05, 0.1) is 27.7 Å². The Morgan fingerprint density at radius 1 is 0.344 bits per heavy atom. The maximum absolute atomic E-state index is 12.9. The summed E-state index contributed by atoms with van der Waals surface area (Å²) in [6.07, 6.45) is 91.9. The number of esters is 2. The molecule has 0 amide bonds. The molecule has 0 aliphatic heterocycles. The number of ether oxygens (including phenoxy) is 2. The Bertz CT molecular complexity index is 1560. The monoisotopic (exact) mass is 1290 g/mol. The lowest BCUT2D eigenvalue weighted by Crippen LogP contribution is -2.37. The number of phosphoric acid groups is 1. The summed E-state index contributed by atoms with van der Waals surface area (Å²) in [5.41, 5.74) is 0. The van der Waals surface area contributed by atoms with Crippen molar-refractivity contribution in [1.29, 1.82) is 0 Å². The average Bonchev–Trinajstić information content (AvgIpc) is 3.58. The Balaban J connectivity index is 3.88. The molecule has 0 aromatic rings. The van der Waals surface area contributed by atoms with Crippen molar-refractivity contribution in [2.45, 2.75) is 431 Å². The van der Waals surface area contributed by atoms with Gasteiger partial charge in [-0.05, 0) is 44.9 Å². The second kappa shape index (κ2) is 71.8. The molecular formula is C80H157NO8P+. The SMILES string of the molecule is CCCCCCC/C=C\C/C=C\CCCCCCCCCCCCCCCCCCCCCCCCCCCCCC(=O)OC(COC(=O)CCCCCCCCCCCCCCCCCCCCCCCCCCCCC)COP(=O)(O)OCC[N+](C)(C)C. The zero-order valence-corrected chi connectivity index (χ0v) is 62.1. The first-order valence-corrected chi connectivity index (χ1v) is 41.6. The fourth-order valence-corrected chi connectivity index (χ4v) is 13.1. The molecule has 534 valence electrons. The van der Waals surface area contributed by atoms with Crippen LogP contribution in [0.1, 0.15) is 425 Å². The van der Waals surface area contributed by atoms with Crippen molar-refractivity contribution in [1.82, 2.24) is 0 Å². The molecule has 2 unspecified atom stereocenters. The molecule has 0 aliphatic rings.